The molecule has 7 nitrogen and oxygen atoms in total. The number of hydrogen-bond donors (Lipinski definition) is 1. The molecule has 1 aromatic rings. The molecule has 0 atom stereocenters. The van der Waals surface area contributed by atoms with Crippen LogP contribution in [0.15, 0.2) is 18.3 Å². The van der Waals surface area contributed by atoms with Gasteiger partial charge in [-0.3, -0.25) is 4.79 Å². The summed E-state index contributed by atoms with van der Waals surface area (Å²) >= 11 is 0. The quantitative estimate of drug-likeness (QED) is 0.896. The second-order valence-electron chi connectivity index (χ2n) is 7.96. The van der Waals surface area contributed by atoms with Gasteiger partial charge in [0.25, 0.3) is 5.91 Å². The molecule has 1 N–H and O–H groups in total. The number of aromatic nitrogens is 1. The molecule has 3 rings (SSSR count). The van der Waals surface area contributed by atoms with Gasteiger partial charge in [0.15, 0.2) is 0 Å². The zero-order valence-corrected chi connectivity index (χ0v) is 15.8. The molecule has 2 heterocycles. The smallest absolute Gasteiger partial charge is 0.410 e. The molecule has 7 heteroatoms. The summed E-state index contributed by atoms with van der Waals surface area (Å²) in [7, 11) is 0. The van der Waals surface area contributed by atoms with Crippen LogP contribution in [0.4, 0.5) is 10.5 Å². The van der Waals surface area contributed by atoms with Crippen LogP contribution >= 0.6 is 0 Å². The van der Waals surface area contributed by atoms with Crippen molar-refractivity contribution in [2.75, 3.05) is 31.1 Å². The highest BCUT2D eigenvalue weighted by atomic mass is 16.6. The molecule has 0 aromatic carbocycles. The Morgan fingerprint density at radius 2 is 1.85 bits per heavy atom. The summed E-state index contributed by atoms with van der Waals surface area (Å²) in [5.41, 5.74) is 0.940. The third-order valence-corrected chi connectivity index (χ3v) is 4.72. The highest BCUT2D eigenvalue weighted by molar-refractivity contribution is 5.92. The van der Waals surface area contributed by atoms with Crippen molar-refractivity contribution in [3.63, 3.8) is 0 Å². The van der Waals surface area contributed by atoms with Crippen LogP contribution in [-0.2, 0) is 4.74 Å². The largest absolute Gasteiger partial charge is 0.444 e. The van der Waals surface area contributed by atoms with E-state index in [0.29, 0.717) is 37.9 Å². The molecule has 26 heavy (non-hydrogen) atoms. The summed E-state index contributed by atoms with van der Waals surface area (Å²) in [6, 6.07) is 4.00. The number of anilines is 1. The van der Waals surface area contributed by atoms with Crippen molar-refractivity contribution in [3.05, 3.63) is 24.0 Å². The van der Waals surface area contributed by atoms with Crippen LogP contribution in [-0.4, -0.2) is 59.7 Å². The molecular weight excluding hydrogens is 332 g/mol. The molecule has 0 bridgehead atoms. The van der Waals surface area contributed by atoms with Crippen molar-refractivity contribution in [2.45, 2.75) is 51.7 Å². The highest BCUT2D eigenvalue weighted by Crippen LogP contribution is 2.20. The molecule has 1 saturated heterocycles. The highest BCUT2D eigenvalue weighted by Gasteiger charge is 2.26. The topological polar surface area (TPSA) is 74.8 Å². The average molecular weight is 360 g/mol. The number of amides is 2. The van der Waals surface area contributed by atoms with Crippen molar-refractivity contribution >= 4 is 17.7 Å². The van der Waals surface area contributed by atoms with Gasteiger partial charge >= 0.3 is 6.09 Å². The van der Waals surface area contributed by atoms with Crippen molar-refractivity contribution < 1.29 is 14.3 Å². The Kier molecular flexibility index (Phi) is 5.34. The number of hydrogen-bond acceptors (Lipinski definition) is 5. The molecule has 2 fully saturated rings. The lowest BCUT2D eigenvalue weighted by molar-refractivity contribution is 0.0240. The van der Waals surface area contributed by atoms with E-state index in [1.54, 1.807) is 17.2 Å². The van der Waals surface area contributed by atoms with Gasteiger partial charge in [0.2, 0.25) is 0 Å². The van der Waals surface area contributed by atoms with E-state index < -0.39 is 5.60 Å². The first-order valence-electron chi connectivity index (χ1n) is 9.31. The maximum absolute atomic E-state index is 12.1. The van der Waals surface area contributed by atoms with E-state index in [9.17, 15) is 9.59 Å². The molecule has 0 unspecified atom stereocenters. The Balaban J connectivity index is 1.51. The molecule has 1 aromatic heterocycles. The van der Waals surface area contributed by atoms with Gasteiger partial charge in [0, 0.05) is 32.2 Å². The summed E-state index contributed by atoms with van der Waals surface area (Å²) in [4.78, 5) is 32.5. The van der Waals surface area contributed by atoms with Crippen LogP contribution in [0.5, 0.6) is 0 Å². The van der Waals surface area contributed by atoms with E-state index in [0.717, 1.165) is 18.5 Å². The minimum atomic E-state index is -0.478. The Labute approximate surface area is 154 Å². The average Bonchev–Trinajstić information content (AvgIpc) is 2.57. The van der Waals surface area contributed by atoms with E-state index in [4.69, 9.17) is 4.74 Å². The standard InChI is InChI=1S/C19H28N4O3/c1-19(2,3)26-18(25)23-11-9-22(10-12-23)15-7-8-16(20-13-15)17(24)21-14-5-4-6-14/h7-8,13-14H,4-6,9-12H2,1-3H3,(H,21,24). The van der Waals surface area contributed by atoms with Crippen LogP contribution in [0, 0.1) is 0 Å². The van der Waals surface area contributed by atoms with Gasteiger partial charge in [-0.05, 0) is 52.2 Å². The van der Waals surface area contributed by atoms with Gasteiger partial charge in [-0.2, -0.15) is 0 Å². The number of carbonyl (C=O) groups excluding carboxylic acids is 2. The van der Waals surface area contributed by atoms with Crippen molar-refractivity contribution in [3.8, 4) is 0 Å². The number of nitrogens with one attached hydrogen (secondary N) is 1. The van der Waals surface area contributed by atoms with Crippen LogP contribution < -0.4 is 10.2 Å². The van der Waals surface area contributed by atoms with Crippen molar-refractivity contribution in [1.29, 1.82) is 0 Å². The molecule has 2 aliphatic rings. The Hall–Kier alpha value is -2.31. The number of nitrogens with zero attached hydrogens (tertiary/aromatic N) is 3. The first-order chi connectivity index (χ1) is 12.3. The molecule has 1 aliphatic heterocycles. The summed E-state index contributed by atoms with van der Waals surface area (Å²) in [6.07, 6.45) is 4.78. The minimum Gasteiger partial charge on any atom is -0.444 e. The Morgan fingerprint density at radius 1 is 1.15 bits per heavy atom. The van der Waals surface area contributed by atoms with E-state index in [-0.39, 0.29) is 12.0 Å². The predicted octanol–water partition coefficient (Wildman–Crippen LogP) is 2.42. The summed E-state index contributed by atoms with van der Waals surface area (Å²) in [5.74, 6) is -0.101. The number of ether oxygens (including phenoxy) is 1. The van der Waals surface area contributed by atoms with Gasteiger partial charge in [-0.25, -0.2) is 9.78 Å². The summed E-state index contributed by atoms with van der Waals surface area (Å²) in [6.45, 7) is 8.27. The second kappa shape index (κ2) is 7.51. The summed E-state index contributed by atoms with van der Waals surface area (Å²) in [5, 5.41) is 3.00. The minimum absolute atomic E-state index is 0.101. The maximum Gasteiger partial charge on any atom is 0.410 e. The zero-order chi connectivity index (χ0) is 18.7. The van der Waals surface area contributed by atoms with Crippen LogP contribution in [0.2, 0.25) is 0 Å². The first kappa shape index (κ1) is 18.5. The molecule has 1 aliphatic carbocycles. The van der Waals surface area contributed by atoms with Gasteiger partial charge in [0.1, 0.15) is 11.3 Å². The zero-order valence-electron chi connectivity index (χ0n) is 15.8. The Bertz CT molecular complexity index is 642. The number of piperazine rings is 1. The Morgan fingerprint density at radius 3 is 2.35 bits per heavy atom. The fraction of sp³-hybridized carbons (Fsp3) is 0.632. The predicted molar refractivity (Wildman–Crippen MR) is 99.4 cm³/mol. The van der Waals surface area contributed by atoms with E-state index in [1.165, 1.54) is 6.42 Å². The number of carbonyl (C=O) groups is 2. The maximum atomic E-state index is 12.1. The fourth-order valence-electron chi connectivity index (χ4n) is 2.99. The third-order valence-electron chi connectivity index (χ3n) is 4.72. The summed E-state index contributed by atoms with van der Waals surface area (Å²) < 4.78 is 5.42. The molecule has 0 radical (unpaired) electrons. The van der Waals surface area contributed by atoms with E-state index >= 15 is 0 Å². The monoisotopic (exact) mass is 360 g/mol. The molecule has 142 valence electrons. The number of rotatable bonds is 3. The lowest BCUT2D eigenvalue weighted by atomic mass is 9.93. The van der Waals surface area contributed by atoms with Gasteiger partial charge in [0.05, 0.1) is 11.9 Å². The first-order valence-corrected chi connectivity index (χ1v) is 9.31. The van der Waals surface area contributed by atoms with E-state index in [1.807, 2.05) is 26.8 Å². The number of pyridine rings is 1. The van der Waals surface area contributed by atoms with E-state index in [2.05, 4.69) is 15.2 Å². The second-order valence-corrected chi connectivity index (χ2v) is 7.96. The fourth-order valence-corrected chi connectivity index (χ4v) is 2.99. The normalized spacial score (nSPS) is 18.3. The lowest BCUT2D eigenvalue weighted by Gasteiger charge is -2.36. The molecule has 1 saturated carbocycles. The van der Waals surface area contributed by atoms with Gasteiger partial charge in [-0.1, -0.05) is 0 Å². The van der Waals surface area contributed by atoms with Crippen molar-refractivity contribution in [2.24, 2.45) is 0 Å². The molecule has 2 amide bonds. The van der Waals surface area contributed by atoms with Crippen molar-refractivity contribution in [1.82, 2.24) is 15.2 Å². The molecule has 0 spiro atoms. The molecular formula is C19H28N4O3. The van der Waals surface area contributed by atoms with Crippen LogP contribution in [0.3, 0.4) is 0 Å². The SMILES string of the molecule is CC(C)(C)OC(=O)N1CCN(c2ccc(C(=O)NC3CCC3)nc2)CC1. The lowest BCUT2D eigenvalue weighted by Crippen LogP contribution is -2.50. The van der Waals surface area contributed by atoms with Crippen LogP contribution in [0.25, 0.3) is 0 Å². The third kappa shape index (κ3) is 4.65. The van der Waals surface area contributed by atoms with Gasteiger partial charge in [-0.15, -0.1) is 0 Å². The van der Waals surface area contributed by atoms with Gasteiger partial charge < -0.3 is 19.9 Å². The van der Waals surface area contributed by atoms with Crippen LogP contribution in [0.1, 0.15) is 50.5 Å².